The van der Waals surface area contributed by atoms with Crippen molar-refractivity contribution in [2.45, 2.75) is 0 Å². The third kappa shape index (κ3) is 1.42. The molecule has 0 saturated heterocycles. The molecule has 0 fully saturated rings. The molecule has 0 amide bonds. The van der Waals surface area contributed by atoms with Crippen LogP contribution in [-0.4, -0.2) is 0 Å². The fraction of sp³-hybridized carbons (Fsp3) is 0. The smallest absolute Gasteiger partial charge is 0.0915 e. The van der Waals surface area contributed by atoms with Gasteiger partial charge in [0.25, 0.3) is 0 Å². The van der Waals surface area contributed by atoms with Gasteiger partial charge in [0.15, 0.2) is 0 Å². The van der Waals surface area contributed by atoms with E-state index >= 15 is 0 Å². The fourth-order valence-electron chi connectivity index (χ4n) is 0.758. The van der Waals surface area contributed by atoms with E-state index in [1.165, 1.54) is 0 Å². The Kier molecular flexibility index (Phi) is 2.28. The topological polar surface area (TPSA) is 90.1 Å². The molecule has 7 N–H and O–H groups in total. The summed E-state index contributed by atoms with van der Waals surface area (Å²) in [6, 6.07) is 3.40. The molecule has 0 saturated carbocycles. The Bertz CT molecular complexity index is 274. The van der Waals surface area contributed by atoms with Crippen LogP contribution in [0.5, 0.6) is 0 Å². The summed E-state index contributed by atoms with van der Waals surface area (Å²) < 4.78 is 2.84. The molecule has 0 radical (unpaired) electrons. The largest absolute Gasteiger partial charge is 0.397 e. The zero-order valence-corrected chi connectivity index (χ0v) is 7.92. The maximum atomic E-state index is 5.62. The Morgan fingerprint density at radius 2 is 1.64 bits per heavy atom. The molecule has 0 aliphatic heterocycles. The third-order valence-electron chi connectivity index (χ3n) is 1.41. The molecule has 1 aromatic carbocycles. The highest BCUT2D eigenvalue weighted by molar-refractivity contribution is 14.1. The highest BCUT2D eigenvalue weighted by atomic mass is 127. The number of nitrogens with two attached hydrogens (primary N) is 3. The summed E-state index contributed by atoms with van der Waals surface area (Å²) in [7, 11) is 0. The summed E-state index contributed by atoms with van der Waals surface area (Å²) in [6.07, 6.45) is 0. The van der Waals surface area contributed by atoms with Gasteiger partial charge in [0.2, 0.25) is 0 Å². The van der Waals surface area contributed by atoms with Crippen LogP contribution >= 0.6 is 22.9 Å². The van der Waals surface area contributed by atoms with Crippen LogP contribution in [0.1, 0.15) is 0 Å². The van der Waals surface area contributed by atoms with Crippen LogP contribution in [0.2, 0.25) is 0 Å². The quantitative estimate of drug-likeness (QED) is 0.348. The van der Waals surface area contributed by atoms with Crippen LogP contribution in [0.4, 0.5) is 22.7 Å². The molecule has 0 aliphatic rings. The van der Waals surface area contributed by atoms with Crippen LogP contribution in [-0.2, 0) is 0 Å². The summed E-state index contributed by atoms with van der Waals surface area (Å²) in [5.74, 6) is 0. The summed E-state index contributed by atoms with van der Waals surface area (Å²) in [4.78, 5) is 0. The molecule has 0 bridgehead atoms. The van der Waals surface area contributed by atoms with Gasteiger partial charge >= 0.3 is 0 Å². The van der Waals surface area contributed by atoms with Crippen molar-refractivity contribution in [3.8, 4) is 0 Å². The first kappa shape index (κ1) is 8.25. The van der Waals surface area contributed by atoms with Crippen molar-refractivity contribution in [1.82, 2.24) is 0 Å². The minimum Gasteiger partial charge on any atom is -0.397 e. The summed E-state index contributed by atoms with van der Waals surface area (Å²) in [6.45, 7) is 0. The van der Waals surface area contributed by atoms with Crippen molar-refractivity contribution in [2.75, 3.05) is 20.7 Å². The normalized spacial score (nSPS) is 9.55. The second-order valence-electron chi connectivity index (χ2n) is 2.13. The maximum Gasteiger partial charge on any atom is 0.0915 e. The molecule has 1 rings (SSSR count). The number of nitrogen functional groups attached to an aromatic ring is 3. The van der Waals surface area contributed by atoms with Gasteiger partial charge < -0.3 is 20.7 Å². The second kappa shape index (κ2) is 3.04. The number of anilines is 4. The van der Waals surface area contributed by atoms with Crippen LogP contribution < -0.4 is 20.7 Å². The number of hydrogen-bond donors (Lipinski definition) is 4. The minimum atomic E-state index is 0.499. The van der Waals surface area contributed by atoms with E-state index in [1.54, 1.807) is 12.1 Å². The van der Waals surface area contributed by atoms with Crippen molar-refractivity contribution in [3.63, 3.8) is 0 Å². The lowest BCUT2D eigenvalue weighted by molar-refractivity contribution is 1.64. The number of benzene rings is 1. The predicted molar refractivity (Wildman–Crippen MR) is 57.3 cm³/mol. The van der Waals surface area contributed by atoms with Gasteiger partial charge in [-0.25, -0.2) is 0 Å². The first-order valence-corrected chi connectivity index (χ1v) is 4.04. The Hall–Kier alpha value is -0.850. The molecule has 4 nitrogen and oxygen atoms in total. The molecule has 0 atom stereocenters. The Morgan fingerprint density at radius 3 is 2.09 bits per heavy atom. The van der Waals surface area contributed by atoms with E-state index in [2.05, 4.69) is 3.53 Å². The molecule has 5 heteroatoms. The van der Waals surface area contributed by atoms with Crippen LogP contribution in [0.15, 0.2) is 12.1 Å². The first-order chi connectivity index (χ1) is 5.16. The molecule has 0 unspecified atom stereocenters. The van der Waals surface area contributed by atoms with E-state index in [0.29, 0.717) is 22.7 Å². The zero-order chi connectivity index (χ0) is 8.43. The van der Waals surface area contributed by atoms with Gasteiger partial charge in [0, 0.05) is 0 Å². The fourth-order valence-corrected chi connectivity index (χ4v) is 1.36. The highest BCUT2D eigenvalue weighted by Gasteiger charge is 2.04. The summed E-state index contributed by atoms with van der Waals surface area (Å²) in [5, 5.41) is 0. The third-order valence-corrected chi connectivity index (χ3v) is 1.95. The van der Waals surface area contributed by atoms with Gasteiger partial charge in [-0.2, -0.15) is 0 Å². The lowest BCUT2D eigenvalue weighted by Crippen LogP contribution is -2.01. The number of rotatable bonds is 1. The number of halogens is 1. The van der Waals surface area contributed by atoms with Crippen molar-refractivity contribution in [2.24, 2.45) is 0 Å². The average Bonchev–Trinajstić information content (AvgIpc) is 1.99. The molecule has 0 aromatic heterocycles. The Morgan fingerprint density at radius 1 is 1.09 bits per heavy atom. The second-order valence-corrected chi connectivity index (χ2v) is 2.67. The standard InChI is InChI=1S/C6H9IN4/c7-11-6-4(9)2-1-3(8)5(6)10/h1-2,11H,8-10H2. The molecule has 0 heterocycles. The van der Waals surface area contributed by atoms with E-state index in [1.807, 2.05) is 22.9 Å². The lowest BCUT2D eigenvalue weighted by atomic mass is 10.2. The first-order valence-electron chi connectivity index (χ1n) is 2.97. The lowest BCUT2D eigenvalue weighted by Gasteiger charge is -2.08. The van der Waals surface area contributed by atoms with Gasteiger partial charge in [-0.15, -0.1) is 0 Å². The summed E-state index contributed by atoms with van der Waals surface area (Å²) in [5.41, 5.74) is 19.1. The van der Waals surface area contributed by atoms with Crippen LogP contribution in [0.3, 0.4) is 0 Å². The zero-order valence-electron chi connectivity index (χ0n) is 5.76. The Labute approximate surface area is 78.6 Å². The monoisotopic (exact) mass is 264 g/mol. The van der Waals surface area contributed by atoms with Gasteiger partial charge in [0.05, 0.1) is 45.6 Å². The SMILES string of the molecule is Nc1ccc(N)c(NI)c1N. The van der Waals surface area contributed by atoms with Crippen molar-refractivity contribution >= 4 is 45.6 Å². The van der Waals surface area contributed by atoms with E-state index in [0.717, 1.165) is 0 Å². The van der Waals surface area contributed by atoms with Gasteiger partial charge in [-0.05, 0) is 12.1 Å². The van der Waals surface area contributed by atoms with E-state index in [4.69, 9.17) is 17.2 Å². The van der Waals surface area contributed by atoms with Crippen LogP contribution in [0, 0.1) is 0 Å². The summed E-state index contributed by atoms with van der Waals surface area (Å²) >= 11 is 1.96. The van der Waals surface area contributed by atoms with Gasteiger partial charge in [-0.1, -0.05) is 0 Å². The molecule has 1 aromatic rings. The van der Waals surface area contributed by atoms with E-state index in [-0.39, 0.29) is 0 Å². The molecule has 11 heavy (non-hydrogen) atoms. The van der Waals surface area contributed by atoms with Gasteiger partial charge in [0.1, 0.15) is 0 Å². The molecule has 60 valence electrons. The van der Waals surface area contributed by atoms with Crippen molar-refractivity contribution in [3.05, 3.63) is 12.1 Å². The molecule has 0 spiro atoms. The predicted octanol–water partition coefficient (Wildman–Crippen LogP) is 1.20. The molecular formula is C6H9IN4. The van der Waals surface area contributed by atoms with Gasteiger partial charge in [-0.3, -0.25) is 0 Å². The van der Waals surface area contributed by atoms with E-state index in [9.17, 15) is 0 Å². The van der Waals surface area contributed by atoms with Crippen molar-refractivity contribution < 1.29 is 0 Å². The van der Waals surface area contributed by atoms with Crippen LogP contribution in [0.25, 0.3) is 0 Å². The maximum absolute atomic E-state index is 5.62. The van der Waals surface area contributed by atoms with Crippen molar-refractivity contribution in [1.29, 1.82) is 0 Å². The Balaban J connectivity index is 3.29. The number of nitrogens with one attached hydrogen (secondary N) is 1. The highest BCUT2D eigenvalue weighted by Crippen LogP contribution is 2.31. The molecular weight excluding hydrogens is 255 g/mol. The minimum absolute atomic E-state index is 0.499. The average molecular weight is 264 g/mol. The number of hydrogen-bond acceptors (Lipinski definition) is 4. The van der Waals surface area contributed by atoms with E-state index < -0.39 is 0 Å². The molecule has 0 aliphatic carbocycles.